The number of allylic oxidation sites excluding steroid dienone is 2. The topological polar surface area (TPSA) is 75.1 Å². The van der Waals surface area contributed by atoms with Gasteiger partial charge in [-0.1, -0.05) is 37.6 Å². The molecule has 0 atom stereocenters. The smallest absolute Gasteiger partial charge is 0.307 e. The Morgan fingerprint density at radius 1 is 1.19 bits per heavy atom. The molecule has 0 saturated carbocycles. The van der Waals surface area contributed by atoms with Crippen LogP contribution in [0.25, 0.3) is 16.8 Å². The van der Waals surface area contributed by atoms with E-state index in [0.29, 0.717) is 12.2 Å². The minimum Gasteiger partial charge on any atom is -0.481 e. The van der Waals surface area contributed by atoms with Crippen LogP contribution in [0.15, 0.2) is 55.1 Å². The van der Waals surface area contributed by atoms with E-state index in [0.717, 1.165) is 46.0 Å². The Hall–Kier alpha value is -3.25. The Labute approximate surface area is 187 Å². The molecule has 2 N–H and O–H groups in total. The summed E-state index contributed by atoms with van der Waals surface area (Å²) in [5, 5.41) is 12.3. The molecule has 31 heavy (non-hydrogen) atoms. The van der Waals surface area contributed by atoms with Crippen molar-refractivity contribution in [2.45, 2.75) is 39.5 Å². The maximum absolute atomic E-state index is 10.9. The second kappa shape index (κ2) is 10.7. The van der Waals surface area contributed by atoms with Crippen LogP contribution in [0.4, 0.5) is 11.5 Å². The summed E-state index contributed by atoms with van der Waals surface area (Å²) in [6.07, 6.45) is 9.04. The van der Waals surface area contributed by atoms with Crippen molar-refractivity contribution in [3.63, 3.8) is 0 Å². The summed E-state index contributed by atoms with van der Waals surface area (Å²) in [6.45, 7) is 8.01. The number of carboxylic acid groups (broad SMARTS) is 1. The van der Waals surface area contributed by atoms with Crippen molar-refractivity contribution in [3.8, 4) is 10.7 Å². The zero-order chi connectivity index (χ0) is 22.2. The molecule has 0 unspecified atom stereocenters. The summed E-state index contributed by atoms with van der Waals surface area (Å²) in [5.41, 5.74) is 3.50. The molecule has 1 aromatic carbocycles. The van der Waals surface area contributed by atoms with Crippen LogP contribution in [0.2, 0.25) is 0 Å². The third-order valence-corrected chi connectivity index (χ3v) is 5.77. The first kappa shape index (κ1) is 22.4. The van der Waals surface area contributed by atoms with Crippen LogP contribution in [0, 0.1) is 6.92 Å². The molecule has 3 aromatic rings. The van der Waals surface area contributed by atoms with E-state index in [1.807, 2.05) is 37.3 Å². The van der Waals surface area contributed by atoms with Gasteiger partial charge in [-0.3, -0.25) is 4.79 Å². The van der Waals surface area contributed by atoms with Crippen LogP contribution in [0.5, 0.6) is 0 Å². The number of hydrogen-bond acceptors (Lipinski definition) is 5. The van der Waals surface area contributed by atoms with E-state index in [-0.39, 0.29) is 6.42 Å². The van der Waals surface area contributed by atoms with E-state index >= 15 is 0 Å². The third kappa shape index (κ3) is 6.12. The first-order chi connectivity index (χ1) is 15.0. The van der Waals surface area contributed by atoms with Crippen LogP contribution in [0.1, 0.15) is 41.5 Å². The first-order valence-electron chi connectivity index (χ1n) is 10.3. The zero-order valence-electron chi connectivity index (χ0n) is 17.9. The maximum Gasteiger partial charge on any atom is 0.307 e. The first-order valence-corrected chi connectivity index (χ1v) is 11.1. The molecule has 2 heterocycles. The number of thiophene rings is 1. The number of hydrogen-bond donors (Lipinski definition) is 2. The fourth-order valence-electron chi connectivity index (χ4n) is 3.14. The average molecular weight is 434 g/mol. The Kier molecular flexibility index (Phi) is 7.73. The number of carbonyl (C=O) groups is 1. The van der Waals surface area contributed by atoms with Gasteiger partial charge < -0.3 is 10.4 Å². The van der Waals surface area contributed by atoms with Crippen molar-refractivity contribution in [1.29, 1.82) is 0 Å². The molecule has 0 amide bonds. The van der Waals surface area contributed by atoms with Crippen LogP contribution < -0.4 is 5.32 Å². The molecule has 0 bridgehead atoms. The number of aryl methyl sites for hydroxylation is 1. The van der Waals surface area contributed by atoms with Crippen LogP contribution in [-0.2, 0) is 17.6 Å². The number of anilines is 2. The number of unbranched alkanes of at least 4 members (excludes halogenated alkanes) is 1. The van der Waals surface area contributed by atoms with Crippen molar-refractivity contribution < 1.29 is 9.90 Å². The summed E-state index contributed by atoms with van der Waals surface area (Å²) in [4.78, 5) is 22.7. The van der Waals surface area contributed by atoms with Gasteiger partial charge in [0.25, 0.3) is 0 Å². The van der Waals surface area contributed by atoms with Crippen molar-refractivity contribution >= 4 is 34.9 Å². The van der Waals surface area contributed by atoms with E-state index in [1.54, 1.807) is 11.3 Å². The molecule has 160 valence electrons. The van der Waals surface area contributed by atoms with Gasteiger partial charge in [-0.15, -0.1) is 17.9 Å². The normalized spacial score (nSPS) is 11.0. The van der Waals surface area contributed by atoms with Crippen molar-refractivity contribution in [1.82, 2.24) is 9.97 Å². The number of aliphatic carboxylic acids is 1. The number of benzene rings is 1. The SMILES string of the molecule is C=CCc1c(C)nc(-c2ccc(/C=C/CCC)s2)nc1Nc1ccc(CC(=O)O)cc1. The average Bonchev–Trinajstić information content (AvgIpc) is 3.20. The second-order valence-corrected chi connectivity index (χ2v) is 8.35. The molecule has 3 rings (SSSR count). The van der Waals surface area contributed by atoms with Crippen molar-refractivity contribution in [3.05, 3.63) is 76.8 Å². The Morgan fingerprint density at radius 3 is 2.65 bits per heavy atom. The number of aromatic nitrogens is 2. The fourth-order valence-corrected chi connectivity index (χ4v) is 4.02. The largest absolute Gasteiger partial charge is 0.481 e. The predicted molar refractivity (Wildman–Crippen MR) is 129 cm³/mol. The highest BCUT2D eigenvalue weighted by molar-refractivity contribution is 7.16. The molecule has 0 saturated heterocycles. The standard InChI is InChI=1S/C25H27N3O2S/c1-4-6-7-9-20-14-15-22(31-20)25-26-17(3)21(8-5-2)24(28-25)27-19-12-10-18(11-13-19)16-23(29)30/h5,7,9-15H,2,4,6,8,16H2,1,3H3,(H,29,30)(H,26,27,28)/b9-7+. The van der Waals surface area contributed by atoms with Gasteiger partial charge in [0.1, 0.15) is 5.82 Å². The highest BCUT2D eigenvalue weighted by atomic mass is 32.1. The number of rotatable bonds is 10. The lowest BCUT2D eigenvalue weighted by molar-refractivity contribution is -0.136. The number of nitrogens with one attached hydrogen (secondary N) is 1. The van der Waals surface area contributed by atoms with Gasteiger partial charge in [-0.05, 0) is 55.7 Å². The Bertz CT molecular complexity index is 1080. The molecule has 0 fully saturated rings. The fraction of sp³-hybridized carbons (Fsp3) is 0.240. The van der Waals surface area contributed by atoms with Crippen LogP contribution in [0.3, 0.4) is 0 Å². The lowest BCUT2D eigenvalue weighted by Crippen LogP contribution is -2.05. The molecule has 0 aliphatic rings. The maximum atomic E-state index is 10.9. The van der Waals surface area contributed by atoms with Gasteiger partial charge in [-0.2, -0.15) is 0 Å². The summed E-state index contributed by atoms with van der Waals surface area (Å²) in [7, 11) is 0. The van der Waals surface area contributed by atoms with Gasteiger partial charge >= 0.3 is 5.97 Å². The minimum absolute atomic E-state index is 0.00612. The summed E-state index contributed by atoms with van der Waals surface area (Å²) >= 11 is 1.67. The van der Waals surface area contributed by atoms with Gasteiger partial charge in [0, 0.05) is 21.8 Å². The predicted octanol–water partition coefficient (Wildman–Crippen LogP) is 6.43. The van der Waals surface area contributed by atoms with Gasteiger partial charge in [0.2, 0.25) is 0 Å². The number of nitrogens with zero attached hydrogens (tertiary/aromatic N) is 2. The summed E-state index contributed by atoms with van der Waals surface area (Å²) < 4.78 is 0. The summed E-state index contributed by atoms with van der Waals surface area (Å²) in [5.74, 6) is 0.588. The quantitative estimate of drug-likeness (QED) is 0.361. The summed E-state index contributed by atoms with van der Waals surface area (Å²) in [6, 6.07) is 11.5. The molecule has 0 aliphatic heterocycles. The highest BCUT2D eigenvalue weighted by Gasteiger charge is 2.14. The molecule has 0 spiro atoms. The lowest BCUT2D eigenvalue weighted by Gasteiger charge is -2.14. The van der Waals surface area contributed by atoms with E-state index < -0.39 is 5.97 Å². The third-order valence-electron chi connectivity index (χ3n) is 4.72. The molecule has 0 aliphatic carbocycles. The van der Waals surface area contributed by atoms with Crippen molar-refractivity contribution in [2.75, 3.05) is 5.32 Å². The molecular weight excluding hydrogens is 406 g/mol. The van der Waals surface area contributed by atoms with Gasteiger partial charge in [-0.25, -0.2) is 9.97 Å². The van der Waals surface area contributed by atoms with Crippen LogP contribution in [-0.4, -0.2) is 21.0 Å². The van der Waals surface area contributed by atoms with Gasteiger partial charge in [0.15, 0.2) is 5.82 Å². The molecule has 0 radical (unpaired) electrons. The monoisotopic (exact) mass is 433 g/mol. The van der Waals surface area contributed by atoms with E-state index in [4.69, 9.17) is 15.1 Å². The van der Waals surface area contributed by atoms with Gasteiger partial charge in [0.05, 0.1) is 11.3 Å². The number of carboxylic acids is 1. The molecule has 5 nitrogen and oxygen atoms in total. The Balaban J connectivity index is 1.90. The lowest BCUT2D eigenvalue weighted by atomic mass is 10.1. The minimum atomic E-state index is -0.843. The highest BCUT2D eigenvalue weighted by Crippen LogP contribution is 2.30. The zero-order valence-corrected chi connectivity index (χ0v) is 18.7. The molecule has 2 aromatic heterocycles. The van der Waals surface area contributed by atoms with E-state index in [2.05, 4.69) is 43.1 Å². The molecular formula is C25H27N3O2S. The van der Waals surface area contributed by atoms with E-state index in [9.17, 15) is 4.79 Å². The van der Waals surface area contributed by atoms with Crippen LogP contribution >= 0.6 is 11.3 Å². The Morgan fingerprint density at radius 2 is 1.97 bits per heavy atom. The molecule has 6 heteroatoms. The van der Waals surface area contributed by atoms with E-state index in [1.165, 1.54) is 4.88 Å². The second-order valence-electron chi connectivity index (χ2n) is 7.24. The van der Waals surface area contributed by atoms with Crippen molar-refractivity contribution in [2.24, 2.45) is 0 Å².